The molecule has 1 amide bonds. The van der Waals surface area contributed by atoms with Gasteiger partial charge in [0.25, 0.3) is 5.91 Å². The highest BCUT2D eigenvalue weighted by molar-refractivity contribution is 5.93. The maximum atomic E-state index is 11.7. The summed E-state index contributed by atoms with van der Waals surface area (Å²) in [6.45, 7) is 2.28. The summed E-state index contributed by atoms with van der Waals surface area (Å²) in [5.41, 5.74) is 3.05. The summed E-state index contributed by atoms with van der Waals surface area (Å²) in [6.07, 6.45) is 2.87. The molecular weight excluding hydrogens is 270 g/mol. The predicted molar refractivity (Wildman–Crippen MR) is 78.6 cm³/mol. The Hall–Kier alpha value is -2.89. The van der Waals surface area contributed by atoms with Gasteiger partial charge in [-0.3, -0.25) is 9.78 Å². The number of hydrogen-bond donors (Lipinski definition) is 2. The third kappa shape index (κ3) is 3.79. The van der Waals surface area contributed by atoms with Crippen molar-refractivity contribution in [2.45, 2.75) is 6.92 Å². The number of benzene rings is 1. The molecular formula is C15H15N3O3. The minimum absolute atomic E-state index is 0.0183. The average Bonchev–Trinajstić information content (AvgIpc) is 2.52. The zero-order chi connectivity index (χ0) is 15.1. The van der Waals surface area contributed by atoms with E-state index in [-0.39, 0.29) is 11.4 Å². The van der Waals surface area contributed by atoms with Gasteiger partial charge in [0.1, 0.15) is 5.69 Å². The first-order valence-electron chi connectivity index (χ1n) is 6.41. The number of nitrogens with zero attached hydrogens (tertiary/aromatic N) is 2. The van der Waals surface area contributed by atoms with Crippen LogP contribution in [0.5, 0.6) is 11.5 Å². The standard InChI is InChI=1S/C15H15N3O3/c1-2-21-13-8-5-6-11(14(13)19)10-17-18-15(20)12-7-3-4-9-16-12/h3-10,19H,2H2,1H3,(H,18,20)/b17-10-. The topological polar surface area (TPSA) is 83.8 Å². The van der Waals surface area contributed by atoms with E-state index in [2.05, 4.69) is 15.5 Å². The summed E-state index contributed by atoms with van der Waals surface area (Å²) in [7, 11) is 0. The van der Waals surface area contributed by atoms with Crippen LogP contribution in [0.1, 0.15) is 23.0 Å². The molecule has 1 aromatic heterocycles. The molecule has 0 aliphatic carbocycles. The van der Waals surface area contributed by atoms with Gasteiger partial charge in [0.2, 0.25) is 0 Å². The smallest absolute Gasteiger partial charge is 0.289 e. The lowest BCUT2D eigenvalue weighted by Gasteiger charge is -2.07. The fourth-order valence-electron chi connectivity index (χ4n) is 1.63. The molecule has 108 valence electrons. The maximum absolute atomic E-state index is 11.7. The van der Waals surface area contributed by atoms with Crippen LogP contribution in [-0.2, 0) is 0 Å². The van der Waals surface area contributed by atoms with Crippen molar-refractivity contribution >= 4 is 12.1 Å². The van der Waals surface area contributed by atoms with Crippen LogP contribution in [0.15, 0.2) is 47.7 Å². The van der Waals surface area contributed by atoms with Crippen LogP contribution >= 0.6 is 0 Å². The third-order valence-electron chi connectivity index (χ3n) is 2.60. The van der Waals surface area contributed by atoms with E-state index in [0.29, 0.717) is 17.9 Å². The molecule has 1 heterocycles. The summed E-state index contributed by atoms with van der Waals surface area (Å²) < 4.78 is 5.27. The van der Waals surface area contributed by atoms with Crippen LogP contribution < -0.4 is 10.2 Å². The van der Waals surface area contributed by atoms with E-state index in [1.165, 1.54) is 12.4 Å². The molecule has 0 saturated carbocycles. The number of para-hydroxylation sites is 1. The first-order valence-corrected chi connectivity index (χ1v) is 6.41. The number of aromatic hydroxyl groups is 1. The van der Waals surface area contributed by atoms with Crippen LogP contribution in [0.25, 0.3) is 0 Å². The fraction of sp³-hybridized carbons (Fsp3) is 0.133. The molecule has 0 bridgehead atoms. The number of ether oxygens (including phenoxy) is 1. The molecule has 1 aromatic carbocycles. The highest BCUT2D eigenvalue weighted by atomic mass is 16.5. The molecule has 2 N–H and O–H groups in total. The van der Waals surface area contributed by atoms with Crippen LogP contribution in [-0.4, -0.2) is 28.8 Å². The SMILES string of the molecule is CCOc1cccc(/C=N\NC(=O)c2ccccn2)c1O. The first-order chi connectivity index (χ1) is 10.2. The van der Waals surface area contributed by atoms with E-state index in [4.69, 9.17) is 4.74 Å². The van der Waals surface area contributed by atoms with Gasteiger partial charge < -0.3 is 9.84 Å². The van der Waals surface area contributed by atoms with Crippen molar-refractivity contribution in [3.05, 3.63) is 53.9 Å². The van der Waals surface area contributed by atoms with Gasteiger partial charge in [-0.2, -0.15) is 5.10 Å². The van der Waals surface area contributed by atoms with Crippen molar-refractivity contribution in [2.24, 2.45) is 5.10 Å². The van der Waals surface area contributed by atoms with E-state index < -0.39 is 5.91 Å². The van der Waals surface area contributed by atoms with Crippen molar-refractivity contribution in [1.82, 2.24) is 10.4 Å². The Labute approximate surface area is 122 Å². The zero-order valence-corrected chi connectivity index (χ0v) is 11.5. The molecule has 0 spiro atoms. The molecule has 6 heteroatoms. The van der Waals surface area contributed by atoms with Gasteiger partial charge in [-0.05, 0) is 31.2 Å². The predicted octanol–water partition coefficient (Wildman–Crippen LogP) is 1.95. The van der Waals surface area contributed by atoms with Gasteiger partial charge in [-0.25, -0.2) is 5.43 Å². The molecule has 0 unspecified atom stereocenters. The Bertz CT molecular complexity index is 642. The number of carbonyl (C=O) groups excluding carboxylic acids is 1. The summed E-state index contributed by atoms with van der Waals surface area (Å²) in [5.74, 6) is -0.0695. The highest BCUT2D eigenvalue weighted by Gasteiger charge is 2.07. The molecule has 0 radical (unpaired) electrons. The van der Waals surface area contributed by atoms with Crippen LogP contribution in [0.4, 0.5) is 0 Å². The summed E-state index contributed by atoms with van der Waals surface area (Å²) >= 11 is 0. The van der Waals surface area contributed by atoms with E-state index in [1.807, 2.05) is 6.92 Å². The number of carbonyl (C=O) groups is 1. The lowest BCUT2D eigenvalue weighted by atomic mass is 10.2. The Morgan fingerprint density at radius 1 is 1.38 bits per heavy atom. The molecule has 2 rings (SSSR count). The van der Waals surface area contributed by atoms with E-state index in [1.54, 1.807) is 36.4 Å². The number of phenolic OH excluding ortho intramolecular Hbond substituents is 1. The largest absolute Gasteiger partial charge is 0.504 e. The molecule has 0 aliphatic rings. The van der Waals surface area contributed by atoms with Gasteiger partial charge in [0.15, 0.2) is 11.5 Å². The van der Waals surface area contributed by atoms with E-state index in [0.717, 1.165) is 0 Å². The molecule has 21 heavy (non-hydrogen) atoms. The first kappa shape index (κ1) is 14.5. The van der Waals surface area contributed by atoms with Gasteiger partial charge in [-0.1, -0.05) is 12.1 Å². The summed E-state index contributed by atoms with van der Waals surface area (Å²) in [6, 6.07) is 10.1. The van der Waals surface area contributed by atoms with E-state index >= 15 is 0 Å². The maximum Gasteiger partial charge on any atom is 0.289 e. The van der Waals surface area contributed by atoms with Crippen molar-refractivity contribution in [1.29, 1.82) is 0 Å². The zero-order valence-electron chi connectivity index (χ0n) is 11.5. The second kappa shape index (κ2) is 7.04. The number of hydrazone groups is 1. The lowest BCUT2D eigenvalue weighted by molar-refractivity contribution is 0.0950. The summed E-state index contributed by atoms with van der Waals surface area (Å²) in [5, 5.41) is 13.8. The average molecular weight is 285 g/mol. The van der Waals surface area contributed by atoms with Crippen LogP contribution in [0.3, 0.4) is 0 Å². The minimum Gasteiger partial charge on any atom is -0.504 e. The van der Waals surface area contributed by atoms with E-state index in [9.17, 15) is 9.90 Å². The third-order valence-corrected chi connectivity index (χ3v) is 2.60. The van der Waals surface area contributed by atoms with Crippen LogP contribution in [0, 0.1) is 0 Å². The Balaban J connectivity index is 2.05. The van der Waals surface area contributed by atoms with Gasteiger partial charge in [0, 0.05) is 11.8 Å². The van der Waals surface area contributed by atoms with Gasteiger partial charge in [-0.15, -0.1) is 0 Å². The lowest BCUT2D eigenvalue weighted by Crippen LogP contribution is -2.18. The van der Waals surface area contributed by atoms with Crippen LogP contribution in [0.2, 0.25) is 0 Å². The highest BCUT2D eigenvalue weighted by Crippen LogP contribution is 2.28. The molecule has 0 aliphatic heterocycles. The van der Waals surface area contributed by atoms with Crippen molar-refractivity contribution in [3.63, 3.8) is 0 Å². The Morgan fingerprint density at radius 2 is 2.24 bits per heavy atom. The second-order valence-electron chi connectivity index (χ2n) is 4.04. The van der Waals surface area contributed by atoms with Crippen molar-refractivity contribution in [2.75, 3.05) is 6.61 Å². The second-order valence-corrected chi connectivity index (χ2v) is 4.04. The van der Waals surface area contributed by atoms with Gasteiger partial charge >= 0.3 is 0 Å². The number of pyridine rings is 1. The number of nitrogens with one attached hydrogen (secondary N) is 1. The monoisotopic (exact) mass is 285 g/mol. The van der Waals surface area contributed by atoms with Crippen molar-refractivity contribution < 1.29 is 14.6 Å². The minimum atomic E-state index is -0.424. The molecule has 0 saturated heterocycles. The molecule has 0 atom stereocenters. The Kier molecular flexibility index (Phi) is 4.87. The molecule has 2 aromatic rings. The van der Waals surface area contributed by atoms with Crippen molar-refractivity contribution in [3.8, 4) is 11.5 Å². The number of rotatable bonds is 5. The number of phenols is 1. The normalized spacial score (nSPS) is 10.5. The number of aromatic nitrogens is 1. The molecule has 0 fully saturated rings. The quantitative estimate of drug-likeness (QED) is 0.649. The van der Waals surface area contributed by atoms with Gasteiger partial charge in [0.05, 0.1) is 12.8 Å². The number of amides is 1. The Morgan fingerprint density at radius 3 is 2.95 bits per heavy atom. The fourth-order valence-corrected chi connectivity index (χ4v) is 1.63. The number of hydrogen-bond acceptors (Lipinski definition) is 5. The molecule has 6 nitrogen and oxygen atoms in total. The summed E-state index contributed by atoms with van der Waals surface area (Å²) in [4.78, 5) is 15.6.